The van der Waals surface area contributed by atoms with Crippen LogP contribution in [-0.4, -0.2) is 16.6 Å². The van der Waals surface area contributed by atoms with E-state index in [2.05, 4.69) is 5.32 Å². The molecule has 0 radical (unpaired) electrons. The maximum Gasteiger partial charge on any atom is 0.329 e. The van der Waals surface area contributed by atoms with Gasteiger partial charge in [-0.2, -0.15) is 0 Å². The van der Waals surface area contributed by atoms with Crippen LogP contribution in [0.15, 0.2) is 24.3 Å². The van der Waals surface area contributed by atoms with Crippen molar-refractivity contribution in [3.8, 4) is 0 Å². The fourth-order valence-electron chi connectivity index (χ4n) is 2.95. The molecule has 3 heteroatoms. The number of nitrogens with one attached hydrogen (secondary N) is 1. The molecule has 2 fully saturated rings. The Balaban J connectivity index is 1.94. The molecule has 0 aliphatic heterocycles. The van der Waals surface area contributed by atoms with Gasteiger partial charge in [-0.3, -0.25) is 0 Å². The molecule has 2 N–H and O–H groups in total. The van der Waals surface area contributed by atoms with Crippen molar-refractivity contribution in [3.63, 3.8) is 0 Å². The van der Waals surface area contributed by atoms with Crippen LogP contribution in [-0.2, 0) is 4.79 Å². The molecule has 0 spiro atoms. The van der Waals surface area contributed by atoms with Gasteiger partial charge in [0.1, 0.15) is 5.54 Å². The summed E-state index contributed by atoms with van der Waals surface area (Å²) in [5, 5.41) is 13.1. The number of aryl methyl sites for hydroxylation is 1. The quantitative estimate of drug-likeness (QED) is 0.838. The zero-order valence-electron chi connectivity index (χ0n) is 10.6. The van der Waals surface area contributed by atoms with Crippen LogP contribution < -0.4 is 5.32 Å². The van der Waals surface area contributed by atoms with E-state index in [9.17, 15) is 9.90 Å². The second kappa shape index (κ2) is 4.01. The van der Waals surface area contributed by atoms with Gasteiger partial charge in [0, 0.05) is 5.69 Å². The predicted molar refractivity (Wildman–Crippen MR) is 70.6 cm³/mol. The molecule has 3 rings (SSSR count). The topological polar surface area (TPSA) is 49.3 Å². The Labute approximate surface area is 107 Å². The van der Waals surface area contributed by atoms with Crippen molar-refractivity contribution in [2.75, 3.05) is 5.32 Å². The predicted octanol–water partition coefficient (Wildman–Crippen LogP) is 3.05. The molecular formula is C15H19NO2. The molecule has 0 bridgehead atoms. The number of carboxylic acids is 1. The highest BCUT2D eigenvalue weighted by atomic mass is 16.4. The van der Waals surface area contributed by atoms with Gasteiger partial charge in [0.05, 0.1) is 0 Å². The molecule has 0 aromatic heterocycles. The molecule has 3 nitrogen and oxygen atoms in total. The molecule has 96 valence electrons. The fourth-order valence-corrected chi connectivity index (χ4v) is 2.95. The van der Waals surface area contributed by atoms with Gasteiger partial charge < -0.3 is 10.4 Å². The van der Waals surface area contributed by atoms with E-state index < -0.39 is 11.5 Å². The molecule has 0 unspecified atom stereocenters. The van der Waals surface area contributed by atoms with Crippen molar-refractivity contribution in [3.05, 3.63) is 29.8 Å². The molecule has 1 aromatic carbocycles. The number of benzene rings is 1. The van der Waals surface area contributed by atoms with E-state index in [1.807, 2.05) is 31.2 Å². The van der Waals surface area contributed by atoms with Gasteiger partial charge in [0.25, 0.3) is 0 Å². The molecule has 2 aliphatic rings. The first kappa shape index (κ1) is 11.6. The maximum atomic E-state index is 11.8. The maximum absolute atomic E-state index is 11.8. The first-order valence-electron chi connectivity index (χ1n) is 6.72. The summed E-state index contributed by atoms with van der Waals surface area (Å²) < 4.78 is 0. The van der Waals surface area contributed by atoms with Gasteiger partial charge in [-0.05, 0) is 56.1 Å². The second-order valence-electron chi connectivity index (χ2n) is 5.66. The summed E-state index contributed by atoms with van der Waals surface area (Å²) in [6.07, 6.45) is 4.17. The van der Waals surface area contributed by atoms with Crippen molar-refractivity contribution in [2.24, 2.45) is 11.8 Å². The number of para-hydroxylation sites is 1. The second-order valence-corrected chi connectivity index (χ2v) is 5.66. The van der Waals surface area contributed by atoms with Gasteiger partial charge in [-0.15, -0.1) is 0 Å². The van der Waals surface area contributed by atoms with Crippen LogP contribution in [0.1, 0.15) is 31.2 Å². The van der Waals surface area contributed by atoms with Gasteiger partial charge in [-0.25, -0.2) is 4.79 Å². The van der Waals surface area contributed by atoms with Crippen LogP contribution in [0, 0.1) is 18.8 Å². The molecule has 0 heterocycles. The molecule has 2 aliphatic carbocycles. The third-order valence-electron chi connectivity index (χ3n) is 4.28. The van der Waals surface area contributed by atoms with Crippen molar-refractivity contribution in [1.29, 1.82) is 0 Å². The highest BCUT2D eigenvalue weighted by Crippen LogP contribution is 2.53. The van der Waals surface area contributed by atoms with Gasteiger partial charge in [0.15, 0.2) is 0 Å². The lowest BCUT2D eigenvalue weighted by atomic mass is 9.86. The smallest absolute Gasteiger partial charge is 0.329 e. The minimum Gasteiger partial charge on any atom is -0.479 e. The summed E-state index contributed by atoms with van der Waals surface area (Å²) in [6.45, 7) is 2.02. The van der Waals surface area contributed by atoms with Crippen LogP contribution in [0.4, 0.5) is 5.69 Å². The lowest BCUT2D eigenvalue weighted by Gasteiger charge is -2.32. The molecule has 18 heavy (non-hydrogen) atoms. The van der Waals surface area contributed by atoms with E-state index in [-0.39, 0.29) is 0 Å². The summed E-state index contributed by atoms with van der Waals surface area (Å²) in [5.74, 6) is -0.0556. The summed E-state index contributed by atoms with van der Waals surface area (Å²) in [5.41, 5.74) is 1.37. The third-order valence-corrected chi connectivity index (χ3v) is 4.28. The standard InChI is InChI=1S/C15H19NO2/c1-10-4-2-3-5-13(10)16-15(14(17)18,11-6-7-11)12-8-9-12/h2-5,11-12,16H,6-9H2,1H3,(H,17,18). The Morgan fingerprint density at radius 1 is 1.22 bits per heavy atom. The number of hydrogen-bond acceptors (Lipinski definition) is 2. The lowest BCUT2D eigenvalue weighted by Crippen LogP contribution is -2.50. The van der Waals surface area contributed by atoms with E-state index in [0.29, 0.717) is 11.8 Å². The largest absolute Gasteiger partial charge is 0.479 e. The van der Waals surface area contributed by atoms with Crippen molar-refractivity contribution in [1.82, 2.24) is 0 Å². The van der Waals surface area contributed by atoms with Gasteiger partial charge in [0.2, 0.25) is 0 Å². The first-order valence-corrected chi connectivity index (χ1v) is 6.72. The van der Waals surface area contributed by atoms with Crippen molar-refractivity contribution < 1.29 is 9.90 Å². The SMILES string of the molecule is Cc1ccccc1NC(C(=O)O)(C1CC1)C1CC1. The Bertz CT molecular complexity index is 463. The van der Waals surface area contributed by atoms with Crippen LogP contribution in [0.5, 0.6) is 0 Å². The van der Waals surface area contributed by atoms with Crippen LogP contribution in [0.3, 0.4) is 0 Å². The highest BCUT2D eigenvalue weighted by molar-refractivity contribution is 5.85. The monoisotopic (exact) mass is 245 g/mol. The average Bonchev–Trinajstić information content (AvgIpc) is 3.18. The molecule has 0 saturated heterocycles. The number of aliphatic carboxylic acids is 1. The number of anilines is 1. The first-order chi connectivity index (χ1) is 8.64. The zero-order valence-corrected chi connectivity index (χ0v) is 10.6. The summed E-state index contributed by atoms with van der Waals surface area (Å²) >= 11 is 0. The third kappa shape index (κ3) is 1.78. The van der Waals surface area contributed by atoms with E-state index in [1.165, 1.54) is 0 Å². The van der Waals surface area contributed by atoms with Crippen LogP contribution >= 0.6 is 0 Å². The normalized spacial score (nSPS) is 19.6. The Kier molecular flexibility index (Phi) is 2.58. The van der Waals surface area contributed by atoms with Crippen LogP contribution in [0.2, 0.25) is 0 Å². The fraction of sp³-hybridized carbons (Fsp3) is 0.533. The number of hydrogen-bond donors (Lipinski definition) is 2. The van der Waals surface area contributed by atoms with Gasteiger partial charge >= 0.3 is 5.97 Å². The highest BCUT2D eigenvalue weighted by Gasteiger charge is 2.59. The summed E-state index contributed by atoms with van der Waals surface area (Å²) in [4.78, 5) is 11.8. The van der Waals surface area contributed by atoms with Gasteiger partial charge in [-0.1, -0.05) is 18.2 Å². The minimum absolute atomic E-state index is 0.308. The van der Waals surface area contributed by atoms with Crippen LogP contribution in [0.25, 0.3) is 0 Å². The summed E-state index contributed by atoms with van der Waals surface area (Å²) in [6, 6.07) is 7.95. The lowest BCUT2D eigenvalue weighted by molar-refractivity contribution is -0.144. The number of carbonyl (C=O) groups is 1. The molecule has 1 aromatic rings. The van der Waals surface area contributed by atoms with E-state index >= 15 is 0 Å². The van der Waals surface area contributed by atoms with E-state index in [1.54, 1.807) is 0 Å². The summed E-state index contributed by atoms with van der Waals surface area (Å²) in [7, 11) is 0. The number of rotatable bonds is 5. The Morgan fingerprint density at radius 3 is 2.22 bits per heavy atom. The molecule has 0 atom stereocenters. The van der Waals surface area contributed by atoms with E-state index in [4.69, 9.17) is 0 Å². The molecule has 2 saturated carbocycles. The van der Waals surface area contributed by atoms with E-state index in [0.717, 1.165) is 36.9 Å². The molecule has 0 amide bonds. The number of carboxylic acid groups (broad SMARTS) is 1. The van der Waals surface area contributed by atoms with Crippen molar-refractivity contribution in [2.45, 2.75) is 38.1 Å². The average molecular weight is 245 g/mol. The van der Waals surface area contributed by atoms with Crippen molar-refractivity contribution >= 4 is 11.7 Å². The Hall–Kier alpha value is -1.51. The zero-order chi connectivity index (χ0) is 12.8. The Morgan fingerprint density at radius 2 is 1.78 bits per heavy atom. The molecular weight excluding hydrogens is 226 g/mol. The minimum atomic E-state index is -0.716.